The van der Waals surface area contributed by atoms with Gasteiger partial charge < -0.3 is 0 Å². The maximum Gasteiger partial charge on any atom is 0.372 e. The molecule has 1 aromatic carbocycles. The molecule has 0 unspecified atom stereocenters. The predicted molar refractivity (Wildman–Crippen MR) is 34.4 cm³/mol. The number of hydrogen-bond donors (Lipinski definition) is 1. The summed E-state index contributed by atoms with van der Waals surface area (Å²) in [5.74, 6) is -3.36. The predicted octanol–water partition coefficient (Wildman–Crippen LogP) is 1.59. The van der Waals surface area contributed by atoms with Gasteiger partial charge in [-0.2, -0.15) is 5.26 Å². The van der Waals surface area contributed by atoms with Crippen LogP contribution in [0.5, 0.6) is 0 Å². The zero-order valence-electron chi connectivity index (χ0n) is 5.75. The highest BCUT2D eigenvalue weighted by molar-refractivity contribution is 5.88. The van der Waals surface area contributed by atoms with Crippen molar-refractivity contribution in [2.75, 3.05) is 0 Å². The van der Waals surface area contributed by atoms with Crippen molar-refractivity contribution in [2.45, 2.75) is 0 Å². The lowest BCUT2D eigenvalue weighted by molar-refractivity contribution is -0.182. The Kier molecular flexibility index (Phi) is 2.35. The van der Waals surface area contributed by atoms with E-state index < -0.39 is 17.6 Å². The molecule has 1 aromatic rings. The zero-order chi connectivity index (χ0) is 9.14. The number of hydrogen-bond acceptors (Lipinski definition) is 3. The van der Waals surface area contributed by atoms with Crippen molar-refractivity contribution in [1.82, 2.24) is 0 Å². The molecule has 0 aliphatic rings. The number of halogens is 2. The summed E-state index contributed by atoms with van der Waals surface area (Å²) in [7, 11) is 0. The van der Waals surface area contributed by atoms with Gasteiger partial charge in [-0.1, -0.05) is 0 Å². The Morgan fingerprint density at radius 2 is 2.00 bits per heavy atom. The molecule has 0 amide bonds. The maximum absolute atomic E-state index is 12.4. The van der Waals surface area contributed by atoms with Gasteiger partial charge >= 0.3 is 5.97 Å². The van der Waals surface area contributed by atoms with Gasteiger partial charge in [-0.3, -0.25) is 4.89 Å². The van der Waals surface area contributed by atoms with E-state index in [0.29, 0.717) is 6.07 Å². The van der Waals surface area contributed by atoms with Gasteiger partial charge in [-0.25, -0.2) is 13.6 Å². The molecule has 0 saturated heterocycles. The van der Waals surface area contributed by atoms with Crippen molar-refractivity contribution < 1.29 is 23.7 Å². The van der Waals surface area contributed by atoms with Crippen LogP contribution in [0.3, 0.4) is 0 Å². The topological polar surface area (TPSA) is 46.5 Å². The molecule has 0 aliphatic heterocycles. The van der Waals surface area contributed by atoms with Gasteiger partial charge in [0.2, 0.25) is 0 Å². The van der Waals surface area contributed by atoms with E-state index in [4.69, 9.17) is 5.26 Å². The molecule has 3 nitrogen and oxygen atoms in total. The van der Waals surface area contributed by atoms with Gasteiger partial charge in [0.05, 0.1) is 5.56 Å². The van der Waals surface area contributed by atoms with Gasteiger partial charge in [0.1, 0.15) is 0 Å². The van der Waals surface area contributed by atoms with E-state index in [9.17, 15) is 13.6 Å². The quantitative estimate of drug-likeness (QED) is 0.519. The first-order valence-corrected chi connectivity index (χ1v) is 2.96. The van der Waals surface area contributed by atoms with Crippen LogP contribution in [0.25, 0.3) is 0 Å². The molecule has 1 rings (SSSR count). The maximum atomic E-state index is 12.4. The summed E-state index contributed by atoms with van der Waals surface area (Å²) >= 11 is 0. The third kappa shape index (κ3) is 1.57. The largest absolute Gasteiger partial charge is 0.372 e. The van der Waals surface area contributed by atoms with Crippen molar-refractivity contribution in [2.24, 2.45) is 0 Å². The molecule has 0 aliphatic carbocycles. The van der Waals surface area contributed by atoms with E-state index >= 15 is 0 Å². The highest BCUT2D eigenvalue weighted by atomic mass is 19.2. The minimum atomic E-state index is -1.17. The van der Waals surface area contributed by atoms with E-state index in [-0.39, 0.29) is 5.56 Å². The van der Waals surface area contributed by atoms with Gasteiger partial charge in [0.15, 0.2) is 11.6 Å². The van der Waals surface area contributed by atoms with Crippen LogP contribution in [0.4, 0.5) is 8.78 Å². The minimum Gasteiger partial charge on any atom is -0.296 e. The van der Waals surface area contributed by atoms with Gasteiger partial charge in [0.25, 0.3) is 0 Å². The summed E-state index contributed by atoms with van der Waals surface area (Å²) in [6.45, 7) is 0. The summed E-state index contributed by atoms with van der Waals surface area (Å²) in [6.07, 6.45) is 0. The first kappa shape index (κ1) is 8.61. The van der Waals surface area contributed by atoms with Gasteiger partial charge in [-0.05, 0) is 18.2 Å². The standard InChI is InChI=1S/C7H4F2O3/c8-5-2-1-4(3-6(5)9)7(10)12-11/h1-3,11H. The number of carbonyl (C=O) groups excluding carboxylic acids is 1. The summed E-state index contributed by atoms with van der Waals surface area (Å²) in [4.78, 5) is 13.8. The third-order valence-electron chi connectivity index (χ3n) is 1.24. The first-order chi connectivity index (χ1) is 5.65. The Balaban J connectivity index is 3.05. The van der Waals surface area contributed by atoms with Crippen molar-refractivity contribution >= 4 is 5.97 Å². The lowest BCUT2D eigenvalue weighted by Gasteiger charge is -1.96. The Morgan fingerprint density at radius 3 is 2.50 bits per heavy atom. The lowest BCUT2D eigenvalue weighted by Crippen LogP contribution is -2.02. The van der Waals surface area contributed by atoms with Crippen LogP contribution in [0.2, 0.25) is 0 Å². The Bertz CT molecular complexity index is 312. The first-order valence-electron chi connectivity index (χ1n) is 2.96. The second-order valence-electron chi connectivity index (χ2n) is 2.01. The molecular formula is C7H4F2O3. The Labute approximate surface area is 66.1 Å². The van der Waals surface area contributed by atoms with E-state index in [0.717, 1.165) is 12.1 Å². The summed E-state index contributed by atoms with van der Waals surface area (Å²) in [6, 6.07) is 2.40. The highest BCUT2D eigenvalue weighted by Crippen LogP contribution is 2.08. The summed E-state index contributed by atoms with van der Waals surface area (Å²) in [5.41, 5.74) is -0.253. The average Bonchev–Trinajstić information content (AvgIpc) is 2.08. The normalized spacial score (nSPS) is 9.58. The number of rotatable bonds is 1. The number of benzene rings is 1. The fourth-order valence-electron chi connectivity index (χ4n) is 0.676. The van der Waals surface area contributed by atoms with Gasteiger partial charge in [-0.15, -0.1) is 0 Å². The molecule has 0 spiro atoms. The van der Waals surface area contributed by atoms with E-state index in [1.807, 2.05) is 0 Å². The van der Waals surface area contributed by atoms with E-state index in [2.05, 4.69) is 4.89 Å². The molecule has 0 heterocycles. The molecule has 0 bridgehead atoms. The van der Waals surface area contributed by atoms with E-state index in [1.54, 1.807) is 0 Å². The highest BCUT2D eigenvalue weighted by Gasteiger charge is 2.09. The van der Waals surface area contributed by atoms with Crippen LogP contribution in [-0.4, -0.2) is 11.2 Å². The SMILES string of the molecule is O=C(OO)c1ccc(F)c(F)c1. The van der Waals surface area contributed by atoms with Crippen LogP contribution >= 0.6 is 0 Å². The van der Waals surface area contributed by atoms with Crippen LogP contribution < -0.4 is 0 Å². The lowest BCUT2D eigenvalue weighted by atomic mass is 10.2. The van der Waals surface area contributed by atoms with Crippen LogP contribution in [0.15, 0.2) is 18.2 Å². The molecule has 0 atom stereocenters. The van der Waals surface area contributed by atoms with Crippen molar-refractivity contribution in [3.63, 3.8) is 0 Å². The molecule has 1 N–H and O–H groups in total. The molecule has 0 fully saturated rings. The van der Waals surface area contributed by atoms with Crippen molar-refractivity contribution in [3.8, 4) is 0 Å². The molecule has 12 heavy (non-hydrogen) atoms. The van der Waals surface area contributed by atoms with Crippen LogP contribution in [0.1, 0.15) is 10.4 Å². The second kappa shape index (κ2) is 3.27. The Hall–Kier alpha value is -1.49. The zero-order valence-corrected chi connectivity index (χ0v) is 5.75. The fourth-order valence-corrected chi connectivity index (χ4v) is 0.676. The monoisotopic (exact) mass is 174 g/mol. The minimum absolute atomic E-state index is 0.253. The molecule has 0 saturated carbocycles. The van der Waals surface area contributed by atoms with Crippen LogP contribution in [0, 0.1) is 11.6 Å². The smallest absolute Gasteiger partial charge is 0.296 e. The summed E-state index contributed by atoms with van der Waals surface area (Å²) < 4.78 is 24.7. The number of carbonyl (C=O) groups is 1. The second-order valence-corrected chi connectivity index (χ2v) is 2.01. The molecule has 0 radical (unpaired) electrons. The average molecular weight is 174 g/mol. The fraction of sp³-hybridized carbons (Fsp3) is 0. The van der Waals surface area contributed by atoms with Crippen LogP contribution in [-0.2, 0) is 4.89 Å². The summed E-state index contributed by atoms with van der Waals surface area (Å²) in [5, 5.41) is 7.88. The van der Waals surface area contributed by atoms with Gasteiger partial charge in [0, 0.05) is 0 Å². The van der Waals surface area contributed by atoms with E-state index in [1.165, 1.54) is 0 Å². The molecular weight excluding hydrogens is 170 g/mol. The molecule has 64 valence electrons. The van der Waals surface area contributed by atoms with Crippen molar-refractivity contribution in [1.29, 1.82) is 0 Å². The third-order valence-corrected chi connectivity index (χ3v) is 1.24. The molecule has 5 heteroatoms. The Morgan fingerprint density at radius 1 is 1.33 bits per heavy atom. The van der Waals surface area contributed by atoms with Crippen molar-refractivity contribution in [3.05, 3.63) is 35.4 Å². The molecule has 0 aromatic heterocycles.